The van der Waals surface area contributed by atoms with E-state index in [-0.39, 0.29) is 17.9 Å². The molecule has 0 saturated carbocycles. The topological polar surface area (TPSA) is 79.8 Å². The van der Waals surface area contributed by atoms with Crippen LogP contribution in [0.1, 0.15) is 31.4 Å². The van der Waals surface area contributed by atoms with Crippen LogP contribution in [0.4, 0.5) is 0 Å². The van der Waals surface area contributed by atoms with E-state index in [0.717, 1.165) is 16.8 Å². The van der Waals surface area contributed by atoms with E-state index in [0.29, 0.717) is 12.8 Å². The molecule has 146 valence electrons. The number of carbonyl (C=O) groups excluding carboxylic acids is 2. The maximum absolute atomic E-state index is 12.7. The largest absolute Gasteiger partial charge is 0.382 e. The van der Waals surface area contributed by atoms with Crippen molar-refractivity contribution in [1.82, 2.24) is 10.6 Å². The molecule has 0 aromatic heterocycles. The van der Waals surface area contributed by atoms with Crippen molar-refractivity contribution in [2.75, 3.05) is 0 Å². The molecule has 0 bridgehead atoms. The number of hydrogen-bond donors (Lipinski definition) is 2. The minimum Gasteiger partial charge on any atom is -0.382 e. The number of nitrogens with one attached hydrogen (secondary N) is 2. The zero-order valence-corrected chi connectivity index (χ0v) is 16.1. The third-order valence-corrected chi connectivity index (χ3v) is 4.41. The molecule has 1 heterocycles. The van der Waals surface area contributed by atoms with Crippen LogP contribution in [0.15, 0.2) is 65.8 Å². The summed E-state index contributed by atoms with van der Waals surface area (Å²) in [6.45, 7) is 3.78. The van der Waals surface area contributed by atoms with Gasteiger partial charge in [-0.25, -0.2) is 0 Å². The average molecular weight is 379 g/mol. The molecule has 1 aliphatic heterocycles. The maximum atomic E-state index is 12.7. The zero-order valence-electron chi connectivity index (χ0n) is 16.1. The molecule has 0 spiro atoms. The molecule has 2 aromatic rings. The molecule has 0 aliphatic carbocycles. The van der Waals surface area contributed by atoms with Gasteiger partial charge < -0.3 is 15.5 Å². The van der Waals surface area contributed by atoms with Gasteiger partial charge in [0.2, 0.25) is 12.0 Å². The molecule has 0 radical (unpaired) electrons. The quantitative estimate of drug-likeness (QED) is 0.775. The summed E-state index contributed by atoms with van der Waals surface area (Å²) in [6.07, 6.45) is 0.0459. The van der Waals surface area contributed by atoms with E-state index in [1.807, 2.05) is 74.5 Å². The zero-order chi connectivity index (χ0) is 19.9. The first-order chi connectivity index (χ1) is 13.5. The van der Waals surface area contributed by atoms with Crippen molar-refractivity contribution in [3.63, 3.8) is 0 Å². The number of carbonyl (C=O) groups is 2. The molecular formula is C22H25N3O3. The summed E-state index contributed by atoms with van der Waals surface area (Å²) in [7, 11) is 0. The minimum absolute atomic E-state index is 0.0153. The first-order valence-electron chi connectivity index (χ1n) is 9.45. The van der Waals surface area contributed by atoms with Crippen LogP contribution in [0.2, 0.25) is 0 Å². The second kappa shape index (κ2) is 9.17. The fourth-order valence-corrected chi connectivity index (χ4v) is 3.03. The Morgan fingerprint density at radius 1 is 1.04 bits per heavy atom. The average Bonchev–Trinajstić information content (AvgIpc) is 3.19. The van der Waals surface area contributed by atoms with Gasteiger partial charge in [0.1, 0.15) is 6.04 Å². The molecule has 2 N–H and O–H groups in total. The van der Waals surface area contributed by atoms with Crippen molar-refractivity contribution in [1.29, 1.82) is 0 Å². The van der Waals surface area contributed by atoms with Crippen LogP contribution in [0.3, 0.4) is 0 Å². The highest BCUT2D eigenvalue weighted by Gasteiger charge is 2.32. The first-order valence-corrected chi connectivity index (χ1v) is 9.45. The van der Waals surface area contributed by atoms with E-state index in [9.17, 15) is 9.59 Å². The third kappa shape index (κ3) is 5.19. The van der Waals surface area contributed by atoms with E-state index >= 15 is 0 Å². The Morgan fingerprint density at radius 2 is 1.68 bits per heavy atom. The van der Waals surface area contributed by atoms with Gasteiger partial charge >= 0.3 is 0 Å². The Balaban J connectivity index is 1.65. The molecule has 2 amide bonds. The number of amides is 2. The summed E-state index contributed by atoms with van der Waals surface area (Å²) in [4.78, 5) is 30.7. The Morgan fingerprint density at radius 3 is 2.32 bits per heavy atom. The van der Waals surface area contributed by atoms with Crippen molar-refractivity contribution in [3.05, 3.63) is 71.8 Å². The fraction of sp³-hybridized carbons (Fsp3) is 0.318. The van der Waals surface area contributed by atoms with E-state index < -0.39 is 12.1 Å². The van der Waals surface area contributed by atoms with Crippen LogP contribution < -0.4 is 10.6 Å². The van der Waals surface area contributed by atoms with E-state index in [4.69, 9.17) is 4.84 Å². The van der Waals surface area contributed by atoms with Crippen LogP contribution in [0.25, 0.3) is 0 Å². The van der Waals surface area contributed by atoms with Gasteiger partial charge in [-0.1, -0.05) is 65.8 Å². The monoisotopic (exact) mass is 379 g/mol. The lowest BCUT2D eigenvalue weighted by Crippen LogP contribution is -2.52. The second-order valence-corrected chi connectivity index (χ2v) is 7.12. The van der Waals surface area contributed by atoms with Crippen LogP contribution >= 0.6 is 0 Å². The van der Waals surface area contributed by atoms with Crippen molar-refractivity contribution in [3.8, 4) is 0 Å². The molecule has 2 aromatic carbocycles. The highest BCUT2D eigenvalue weighted by Crippen LogP contribution is 2.17. The molecular weight excluding hydrogens is 354 g/mol. The molecule has 6 nitrogen and oxygen atoms in total. The van der Waals surface area contributed by atoms with Gasteiger partial charge in [-0.15, -0.1) is 0 Å². The molecule has 0 unspecified atom stereocenters. The first kappa shape index (κ1) is 19.6. The highest BCUT2D eigenvalue weighted by atomic mass is 16.6. The standard InChI is InChI=1S/C22H25N3O3/c1-15(2)23-21(26)19(13-16-9-5-3-6-10-16)24-22(27)20-14-18(25-28-20)17-11-7-4-8-12-17/h3-12,15,19-20H,13-14H2,1-2H3,(H,23,26)(H,24,27)/t19-,20+/m0/s1. The Kier molecular flexibility index (Phi) is 6.42. The molecule has 3 rings (SSSR count). The fourth-order valence-electron chi connectivity index (χ4n) is 3.03. The molecule has 28 heavy (non-hydrogen) atoms. The molecule has 1 aliphatic rings. The summed E-state index contributed by atoms with van der Waals surface area (Å²) in [5, 5.41) is 9.75. The van der Waals surface area contributed by atoms with Crippen LogP contribution in [-0.4, -0.2) is 35.7 Å². The summed E-state index contributed by atoms with van der Waals surface area (Å²) >= 11 is 0. The van der Waals surface area contributed by atoms with Crippen molar-refractivity contribution in [2.45, 2.75) is 44.9 Å². The van der Waals surface area contributed by atoms with Crippen LogP contribution in [0, 0.1) is 0 Å². The summed E-state index contributed by atoms with van der Waals surface area (Å²) in [5.41, 5.74) is 2.63. The van der Waals surface area contributed by atoms with E-state index in [2.05, 4.69) is 15.8 Å². The molecule has 0 saturated heterocycles. The maximum Gasteiger partial charge on any atom is 0.265 e. The van der Waals surface area contributed by atoms with Crippen molar-refractivity contribution < 1.29 is 14.4 Å². The smallest absolute Gasteiger partial charge is 0.265 e. The predicted octanol–water partition coefficient (Wildman–Crippen LogP) is 2.43. The van der Waals surface area contributed by atoms with Crippen LogP contribution in [0.5, 0.6) is 0 Å². The Bertz CT molecular complexity index is 835. The SMILES string of the molecule is CC(C)NC(=O)[C@H](Cc1ccccc1)NC(=O)[C@H]1CC(c2ccccc2)=NO1. The van der Waals surface area contributed by atoms with Gasteiger partial charge in [0.25, 0.3) is 5.91 Å². The Hall–Kier alpha value is -3.15. The third-order valence-electron chi connectivity index (χ3n) is 4.41. The van der Waals surface area contributed by atoms with Gasteiger partial charge in [0, 0.05) is 18.9 Å². The minimum atomic E-state index is -0.736. The van der Waals surface area contributed by atoms with Gasteiger partial charge in [-0.3, -0.25) is 9.59 Å². The lowest BCUT2D eigenvalue weighted by atomic mass is 10.0. The highest BCUT2D eigenvalue weighted by molar-refractivity contribution is 6.04. The summed E-state index contributed by atoms with van der Waals surface area (Å²) in [5.74, 6) is -0.552. The van der Waals surface area contributed by atoms with Gasteiger partial charge in [-0.2, -0.15) is 0 Å². The Labute approximate surface area is 165 Å². The molecule has 6 heteroatoms. The summed E-state index contributed by atoms with van der Waals surface area (Å²) < 4.78 is 0. The summed E-state index contributed by atoms with van der Waals surface area (Å²) in [6, 6.07) is 18.5. The normalized spacial score (nSPS) is 16.8. The van der Waals surface area contributed by atoms with Crippen molar-refractivity contribution >= 4 is 17.5 Å². The predicted molar refractivity (Wildman–Crippen MR) is 108 cm³/mol. The number of rotatable bonds is 7. The molecule has 2 atom stereocenters. The van der Waals surface area contributed by atoms with Gasteiger partial charge in [0.15, 0.2) is 0 Å². The van der Waals surface area contributed by atoms with Gasteiger partial charge in [0.05, 0.1) is 5.71 Å². The van der Waals surface area contributed by atoms with Gasteiger partial charge in [-0.05, 0) is 25.0 Å². The number of benzene rings is 2. The number of hydrogen-bond acceptors (Lipinski definition) is 4. The van der Waals surface area contributed by atoms with Crippen molar-refractivity contribution in [2.24, 2.45) is 5.16 Å². The lowest BCUT2D eigenvalue weighted by Gasteiger charge is -2.21. The second-order valence-electron chi connectivity index (χ2n) is 7.12. The van der Waals surface area contributed by atoms with E-state index in [1.54, 1.807) is 0 Å². The van der Waals surface area contributed by atoms with Crippen LogP contribution in [-0.2, 0) is 20.8 Å². The number of oxime groups is 1. The van der Waals surface area contributed by atoms with E-state index in [1.165, 1.54) is 0 Å². The number of nitrogens with zero attached hydrogens (tertiary/aromatic N) is 1. The molecule has 0 fully saturated rings. The lowest BCUT2D eigenvalue weighted by molar-refractivity contribution is -0.135.